The number of carbonyl (C=O) groups is 2. The van der Waals surface area contributed by atoms with Crippen LogP contribution in [0.2, 0.25) is 0 Å². The Hall–Kier alpha value is -1.14. The minimum atomic E-state index is -0.415. The van der Waals surface area contributed by atoms with Gasteiger partial charge in [-0.25, -0.2) is 0 Å². The van der Waals surface area contributed by atoms with Gasteiger partial charge in [0.2, 0.25) is 11.8 Å². The number of aliphatic hydroxyl groups excluding tert-OH is 1. The molecule has 23 heavy (non-hydrogen) atoms. The molecule has 0 aromatic carbocycles. The van der Waals surface area contributed by atoms with Gasteiger partial charge in [0.25, 0.3) is 0 Å². The van der Waals surface area contributed by atoms with Crippen molar-refractivity contribution < 1.29 is 14.7 Å². The predicted molar refractivity (Wildman–Crippen MR) is 86.8 cm³/mol. The van der Waals surface area contributed by atoms with Crippen LogP contribution in [0.3, 0.4) is 0 Å². The van der Waals surface area contributed by atoms with Crippen LogP contribution in [0.5, 0.6) is 0 Å². The van der Waals surface area contributed by atoms with Gasteiger partial charge in [-0.3, -0.25) is 9.59 Å². The molecule has 6 heteroatoms. The fraction of sp³-hybridized carbons (Fsp3) is 0.882. The number of nitrogens with one attached hydrogen (secondary N) is 1. The largest absolute Gasteiger partial charge is 0.392 e. The van der Waals surface area contributed by atoms with Crippen molar-refractivity contribution in [2.75, 3.05) is 32.7 Å². The van der Waals surface area contributed by atoms with E-state index in [4.69, 9.17) is 0 Å². The summed E-state index contributed by atoms with van der Waals surface area (Å²) in [6, 6.07) is -0.255. The predicted octanol–water partition coefficient (Wildman–Crippen LogP) is 0.350. The molecule has 2 saturated heterocycles. The number of nitrogens with zero attached hydrogens (tertiary/aromatic N) is 2. The molecule has 3 rings (SSSR count). The summed E-state index contributed by atoms with van der Waals surface area (Å²) in [5.74, 6) is 0.902. The summed E-state index contributed by atoms with van der Waals surface area (Å²) < 4.78 is 0. The van der Waals surface area contributed by atoms with Gasteiger partial charge in [-0.05, 0) is 25.2 Å². The highest BCUT2D eigenvalue weighted by Crippen LogP contribution is 2.27. The summed E-state index contributed by atoms with van der Waals surface area (Å²) in [6.45, 7) is 3.02. The molecule has 2 aliphatic heterocycles. The van der Waals surface area contributed by atoms with E-state index in [1.165, 1.54) is 32.1 Å². The highest BCUT2D eigenvalue weighted by molar-refractivity contribution is 5.83. The Kier molecular flexibility index (Phi) is 5.54. The van der Waals surface area contributed by atoms with Crippen molar-refractivity contribution in [2.24, 2.45) is 5.92 Å². The Morgan fingerprint density at radius 2 is 1.65 bits per heavy atom. The number of piperazine rings is 1. The zero-order valence-electron chi connectivity index (χ0n) is 13.9. The monoisotopic (exact) mass is 323 g/mol. The zero-order chi connectivity index (χ0) is 16.2. The zero-order valence-corrected chi connectivity index (χ0v) is 13.9. The molecule has 6 nitrogen and oxygen atoms in total. The molecule has 0 bridgehead atoms. The maximum absolute atomic E-state index is 12.4. The Labute approximate surface area is 138 Å². The molecular weight excluding hydrogens is 294 g/mol. The average molecular weight is 323 g/mol. The molecule has 3 aliphatic rings. The number of β-amino-alcohol motifs (C(OH)–C–C–N with tert-alkyl or cyclic N) is 1. The SMILES string of the molecule is O=C(CC1CCCCC1)N1CCN(C(=O)C2CC(O)CN2)CC1. The lowest BCUT2D eigenvalue weighted by Gasteiger charge is -2.36. The van der Waals surface area contributed by atoms with E-state index in [0.717, 1.165) is 0 Å². The van der Waals surface area contributed by atoms with Crippen molar-refractivity contribution in [3.63, 3.8) is 0 Å². The van der Waals surface area contributed by atoms with Crippen molar-refractivity contribution in [3.05, 3.63) is 0 Å². The van der Waals surface area contributed by atoms with Gasteiger partial charge < -0.3 is 20.2 Å². The second-order valence-corrected chi connectivity index (χ2v) is 7.26. The van der Waals surface area contributed by atoms with Crippen LogP contribution in [-0.2, 0) is 9.59 Å². The standard InChI is InChI=1S/C17H29N3O3/c21-14-11-15(18-12-14)17(23)20-8-6-19(7-9-20)16(22)10-13-4-2-1-3-5-13/h13-15,18,21H,1-12H2. The third-order valence-electron chi connectivity index (χ3n) is 5.54. The van der Waals surface area contributed by atoms with Gasteiger partial charge in [-0.1, -0.05) is 19.3 Å². The van der Waals surface area contributed by atoms with Crippen LogP contribution in [0.15, 0.2) is 0 Å². The lowest BCUT2D eigenvalue weighted by Crippen LogP contribution is -2.54. The Morgan fingerprint density at radius 1 is 1.00 bits per heavy atom. The Balaban J connectivity index is 1.42. The van der Waals surface area contributed by atoms with Crippen molar-refractivity contribution in [2.45, 2.75) is 57.1 Å². The van der Waals surface area contributed by atoms with E-state index in [0.29, 0.717) is 51.5 Å². The van der Waals surface area contributed by atoms with Gasteiger partial charge in [0, 0.05) is 39.1 Å². The van der Waals surface area contributed by atoms with E-state index in [1.54, 1.807) is 0 Å². The average Bonchev–Trinajstić information content (AvgIpc) is 3.02. The van der Waals surface area contributed by atoms with E-state index in [9.17, 15) is 14.7 Å². The number of carbonyl (C=O) groups excluding carboxylic acids is 2. The third-order valence-corrected chi connectivity index (χ3v) is 5.54. The molecular formula is C17H29N3O3. The van der Waals surface area contributed by atoms with E-state index in [2.05, 4.69) is 5.32 Å². The van der Waals surface area contributed by atoms with Crippen LogP contribution in [0, 0.1) is 5.92 Å². The molecule has 0 spiro atoms. The van der Waals surface area contributed by atoms with Crippen LogP contribution >= 0.6 is 0 Å². The van der Waals surface area contributed by atoms with Crippen LogP contribution in [-0.4, -0.2) is 71.6 Å². The van der Waals surface area contributed by atoms with E-state index in [-0.39, 0.29) is 17.9 Å². The van der Waals surface area contributed by atoms with Crippen molar-refractivity contribution in [1.29, 1.82) is 0 Å². The Morgan fingerprint density at radius 3 is 2.26 bits per heavy atom. The first kappa shape index (κ1) is 16.7. The topological polar surface area (TPSA) is 72.9 Å². The van der Waals surface area contributed by atoms with Gasteiger partial charge in [0.15, 0.2) is 0 Å². The summed E-state index contributed by atoms with van der Waals surface area (Å²) >= 11 is 0. The van der Waals surface area contributed by atoms with Crippen LogP contribution in [0.25, 0.3) is 0 Å². The van der Waals surface area contributed by atoms with Gasteiger partial charge in [-0.15, -0.1) is 0 Å². The molecule has 2 heterocycles. The number of hydrogen-bond donors (Lipinski definition) is 2. The van der Waals surface area contributed by atoms with E-state index < -0.39 is 6.10 Å². The lowest BCUT2D eigenvalue weighted by atomic mass is 9.86. The van der Waals surface area contributed by atoms with Gasteiger partial charge in [0.1, 0.15) is 0 Å². The summed E-state index contributed by atoms with van der Waals surface area (Å²) in [5, 5.41) is 12.6. The molecule has 0 radical (unpaired) electrons. The molecule has 0 aromatic rings. The molecule has 1 saturated carbocycles. The molecule has 2 unspecified atom stereocenters. The molecule has 1 aliphatic carbocycles. The first-order valence-electron chi connectivity index (χ1n) is 9.11. The number of aliphatic hydroxyl groups is 1. The minimum Gasteiger partial charge on any atom is -0.392 e. The fourth-order valence-electron chi connectivity index (χ4n) is 4.07. The van der Waals surface area contributed by atoms with Crippen molar-refractivity contribution in [1.82, 2.24) is 15.1 Å². The van der Waals surface area contributed by atoms with Crippen LogP contribution in [0.1, 0.15) is 44.9 Å². The molecule has 3 fully saturated rings. The first-order valence-corrected chi connectivity index (χ1v) is 9.11. The van der Waals surface area contributed by atoms with E-state index >= 15 is 0 Å². The number of hydrogen-bond acceptors (Lipinski definition) is 4. The summed E-state index contributed by atoms with van der Waals surface area (Å²) in [7, 11) is 0. The molecule has 0 aromatic heterocycles. The van der Waals surface area contributed by atoms with Gasteiger partial charge >= 0.3 is 0 Å². The quantitative estimate of drug-likeness (QED) is 0.786. The van der Waals surface area contributed by atoms with Gasteiger partial charge in [0.05, 0.1) is 12.1 Å². The van der Waals surface area contributed by atoms with Crippen LogP contribution in [0.4, 0.5) is 0 Å². The minimum absolute atomic E-state index is 0.0703. The lowest BCUT2D eigenvalue weighted by molar-refractivity contribution is -0.141. The van der Waals surface area contributed by atoms with E-state index in [1.807, 2.05) is 9.80 Å². The molecule has 2 N–H and O–H groups in total. The number of rotatable bonds is 3. The van der Waals surface area contributed by atoms with Crippen molar-refractivity contribution >= 4 is 11.8 Å². The highest BCUT2D eigenvalue weighted by Gasteiger charge is 2.33. The van der Waals surface area contributed by atoms with Crippen LogP contribution < -0.4 is 5.32 Å². The normalized spacial score (nSPS) is 29.8. The third kappa shape index (κ3) is 4.23. The maximum Gasteiger partial charge on any atom is 0.239 e. The first-order chi connectivity index (χ1) is 11.1. The maximum atomic E-state index is 12.4. The Bertz CT molecular complexity index is 429. The summed E-state index contributed by atoms with van der Waals surface area (Å²) in [6.07, 6.45) is 7.00. The smallest absolute Gasteiger partial charge is 0.239 e. The molecule has 2 atom stereocenters. The highest BCUT2D eigenvalue weighted by atomic mass is 16.3. The summed E-state index contributed by atoms with van der Waals surface area (Å²) in [5.41, 5.74) is 0. The molecule has 2 amide bonds. The molecule has 130 valence electrons. The second-order valence-electron chi connectivity index (χ2n) is 7.26. The summed E-state index contributed by atoms with van der Waals surface area (Å²) in [4.78, 5) is 28.6. The van der Waals surface area contributed by atoms with Crippen molar-refractivity contribution in [3.8, 4) is 0 Å². The second kappa shape index (κ2) is 7.62. The van der Waals surface area contributed by atoms with Gasteiger partial charge in [-0.2, -0.15) is 0 Å². The fourth-order valence-corrected chi connectivity index (χ4v) is 4.07. The number of amides is 2.